The molecule has 40 heavy (non-hydrogen) atoms. The van der Waals surface area contributed by atoms with Gasteiger partial charge in [-0.25, -0.2) is 4.99 Å². The van der Waals surface area contributed by atoms with E-state index in [0.29, 0.717) is 23.7 Å². The van der Waals surface area contributed by atoms with Gasteiger partial charge in [0, 0.05) is 63.0 Å². The molecule has 6 rings (SSSR count). The summed E-state index contributed by atoms with van der Waals surface area (Å²) in [6, 6.07) is 2.31. The summed E-state index contributed by atoms with van der Waals surface area (Å²) in [6.07, 6.45) is 15.4. The van der Waals surface area contributed by atoms with Gasteiger partial charge in [0.25, 0.3) is 0 Å². The zero-order valence-corrected chi connectivity index (χ0v) is 25.5. The summed E-state index contributed by atoms with van der Waals surface area (Å²) >= 11 is 0. The number of hydrogen-bond acceptors (Lipinski definition) is 6. The molecule has 1 saturated carbocycles. The molecule has 1 amide bonds. The van der Waals surface area contributed by atoms with Crippen molar-refractivity contribution in [2.75, 3.05) is 32.7 Å². The topological polar surface area (TPSA) is 70.4 Å². The number of amides is 1. The average molecular weight is 550 g/mol. The highest BCUT2D eigenvalue weighted by Gasteiger charge is 2.41. The number of aliphatic imine (C=N–C) groups is 2. The Morgan fingerprint density at radius 1 is 1.02 bits per heavy atom. The molecule has 7 heteroatoms. The summed E-state index contributed by atoms with van der Waals surface area (Å²) < 4.78 is 6.68. The Kier molecular flexibility index (Phi) is 9.47. The van der Waals surface area contributed by atoms with Gasteiger partial charge in [-0.05, 0) is 56.1 Å². The van der Waals surface area contributed by atoms with Gasteiger partial charge in [0.15, 0.2) is 0 Å². The van der Waals surface area contributed by atoms with Crippen LogP contribution in [0.1, 0.15) is 115 Å². The van der Waals surface area contributed by atoms with E-state index >= 15 is 0 Å². The Balaban J connectivity index is 0.00000158. The third kappa shape index (κ3) is 6.54. The van der Waals surface area contributed by atoms with E-state index < -0.39 is 0 Å². The van der Waals surface area contributed by atoms with Crippen molar-refractivity contribution in [3.05, 3.63) is 23.5 Å². The second-order valence-corrected chi connectivity index (χ2v) is 12.7. The fourth-order valence-electron chi connectivity index (χ4n) is 7.21. The molecular formula is C33H51N5O2. The van der Waals surface area contributed by atoms with Crippen molar-refractivity contribution in [1.82, 2.24) is 14.8 Å². The standard InChI is InChI=1S/C31H45N5O2.C2H6/c1-22(2)30-33-21-28(34-30)35-16-12-31(13-17-35)11-8-25-19-26(32-20-27(25)38-31)24-9-14-36(15-10-24)29(37)18-23-6-4-3-5-7-23;1-2/h19-20,22-24H,3-18,21H2,1-2H3;1-2H3. The number of amidine groups is 2. The number of fused-ring (bicyclic) bond motifs is 1. The molecule has 0 radical (unpaired) electrons. The normalized spacial score (nSPS) is 23.2. The molecule has 0 N–H and O–H groups in total. The van der Waals surface area contributed by atoms with Crippen LogP contribution in [0, 0.1) is 11.8 Å². The van der Waals surface area contributed by atoms with Gasteiger partial charge in [-0.2, -0.15) is 0 Å². The summed E-state index contributed by atoms with van der Waals surface area (Å²) in [7, 11) is 0. The molecule has 1 aromatic heterocycles. The molecule has 2 saturated heterocycles. The molecule has 0 atom stereocenters. The predicted octanol–water partition coefficient (Wildman–Crippen LogP) is 6.41. The molecule has 5 heterocycles. The number of ether oxygens (including phenoxy) is 1. The molecule has 4 aliphatic heterocycles. The minimum atomic E-state index is -0.0718. The van der Waals surface area contributed by atoms with E-state index in [1.165, 1.54) is 43.4 Å². The maximum Gasteiger partial charge on any atom is 0.222 e. The van der Waals surface area contributed by atoms with Crippen LogP contribution < -0.4 is 4.74 Å². The highest BCUT2D eigenvalue weighted by molar-refractivity contribution is 6.03. The summed E-state index contributed by atoms with van der Waals surface area (Å²) in [4.78, 5) is 31.7. The predicted molar refractivity (Wildman–Crippen MR) is 162 cm³/mol. The molecule has 0 bridgehead atoms. The van der Waals surface area contributed by atoms with Gasteiger partial charge in [-0.3, -0.25) is 14.8 Å². The first-order valence-electron chi connectivity index (χ1n) is 16.3. The number of pyridine rings is 1. The average Bonchev–Trinajstić information content (AvgIpc) is 3.50. The summed E-state index contributed by atoms with van der Waals surface area (Å²) in [5.74, 6) is 4.94. The molecule has 5 aliphatic rings. The molecule has 1 aliphatic carbocycles. The second-order valence-electron chi connectivity index (χ2n) is 12.7. The van der Waals surface area contributed by atoms with Crippen molar-refractivity contribution in [1.29, 1.82) is 0 Å². The second kappa shape index (κ2) is 13.0. The van der Waals surface area contributed by atoms with Crippen LogP contribution in [0.25, 0.3) is 0 Å². The summed E-state index contributed by atoms with van der Waals surface area (Å²) in [6.45, 7) is 12.8. The minimum Gasteiger partial charge on any atom is -0.485 e. The number of piperidine rings is 2. The van der Waals surface area contributed by atoms with E-state index in [2.05, 4.69) is 34.7 Å². The first-order valence-corrected chi connectivity index (χ1v) is 16.3. The van der Waals surface area contributed by atoms with Gasteiger partial charge in [0.1, 0.15) is 23.0 Å². The SMILES string of the molecule is CC.CC(C)C1=NCC(N2CCC3(CCc4cc(C5CCN(C(=O)CC6CCCCC6)CC5)ncc4O3)CC2)=N1. The number of aryl methyl sites for hydroxylation is 1. The zero-order valence-electron chi connectivity index (χ0n) is 25.5. The van der Waals surface area contributed by atoms with Gasteiger partial charge < -0.3 is 14.5 Å². The zero-order chi connectivity index (χ0) is 28.1. The highest BCUT2D eigenvalue weighted by Crippen LogP contribution is 2.41. The fraction of sp³-hybridized carbons (Fsp3) is 0.758. The Morgan fingerprint density at radius 3 is 2.42 bits per heavy atom. The number of aromatic nitrogens is 1. The van der Waals surface area contributed by atoms with Crippen LogP contribution in [0.5, 0.6) is 5.75 Å². The maximum absolute atomic E-state index is 12.9. The molecule has 0 aromatic carbocycles. The van der Waals surface area contributed by atoms with Crippen LogP contribution in [0.2, 0.25) is 0 Å². The fourth-order valence-corrected chi connectivity index (χ4v) is 7.21. The van der Waals surface area contributed by atoms with Crippen LogP contribution >= 0.6 is 0 Å². The van der Waals surface area contributed by atoms with Gasteiger partial charge in [-0.1, -0.05) is 47.0 Å². The number of hydrogen-bond donors (Lipinski definition) is 0. The Labute approximate surface area is 241 Å². The Hall–Kier alpha value is -2.44. The highest BCUT2D eigenvalue weighted by atomic mass is 16.5. The molecule has 3 fully saturated rings. The quantitative estimate of drug-likeness (QED) is 0.435. The van der Waals surface area contributed by atoms with Crippen molar-refractivity contribution < 1.29 is 9.53 Å². The third-order valence-electron chi connectivity index (χ3n) is 9.78. The van der Waals surface area contributed by atoms with Crippen molar-refractivity contribution in [3.8, 4) is 5.75 Å². The van der Waals surface area contributed by atoms with Crippen LogP contribution in [-0.2, 0) is 11.2 Å². The molecule has 1 aromatic rings. The lowest BCUT2D eigenvalue weighted by atomic mass is 9.82. The summed E-state index contributed by atoms with van der Waals surface area (Å²) in [5.41, 5.74) is 2.43. The van der Waals surface area contributed by atoms with E-state index in [0.717, 1.165) is 95.1 Å². The maximum atomic E-state index is 12.9. The molecule has 220 valence electrons. The van der Waals surface area contributed by atoms with E-state index in [-0.39, 0.29) is 5.60 Å². The molecule has 7 nitrogen and oxygen atoms in total. The van der Waals surface area contributed by atoms with Gasteiger partial charge in [0.2, 0.25) is 5.91 Å². The van der Waals surface area contributed by atoms with Gasteiger partial charge in [0.05, 0.1) is 12.7 Å². The first kappa shape index (κ1) is 29.1. The van der Waals surface area contributed by atoms with Crippen LogP contribution in [0.4, 0.5) is 0 Å². The van der Waals surface area contributed by atoms with Gasteiger partial charge in [-0.15, -0.1) is 0 Å². The lowest BCUT2D eigenvalue weighted by Gasteiger charge is -2.45. The monoisotopic (exact) mass is 549 g/mol. The Morgan fingerprint density at radius 2 is 1.75 bits per heavy atom. The van der Waals surface area contributed by atoms with Gasteiger partial charge >= 0.3 is 0 Å². The number of likely N-dealkylation sites (tertiary alicyclic amines) is 2. The first-order chi connectivity index (χ1) is 19.5. The number of carbonyl (C=O) groups is 1. The van der Waals surface area contributed by atoms with E-state index in [9.17, 15) is 4.79 Å². The van der Waals surface area contributed by atoms with Crippen LogP contribution in [0.3, 0.4) is 0 Å². The largest absolute Gasteiger partial charge is 0.485 e. The number of rotatable bonds is 4. The third-order valence-corrected chi connectivity index (χ3v) is 9.78. The lowest BCUT2D eigenvalue weighted by Crippen LogP contribution is -2.51. The van der Waals surface area contributed by atoms with Crippen LogP contribution in [0.15, 0.2) is 22.2 Å². The lowest BCUT2D eigenvalue weighted by molar-refractivity contribution is -0.133. The Bertz CT molecular complexity index is 1070. The van der Waals surface area contributed by atoms with E-state index in [4.69, 9.17) is 14.7 Å². The minimum absolute atomic E-state index is 0.0718. The van der Waals surface area contributed by atoms with Crippen molar-refractivity contribution >= 4 is 17.6 Å². The molecule has 0 unspecified atom stereocenters. The number of nitrogens with zero attached hydrogens (tertiary/aromatic N) is 5. The van der Waals surface area contributed by atoms with E-state index in [1.807, 2.05) is 20.0 Å². The van der Waals surface area contributed by atoms with Crippen molar-refractivity contribution in [3.63, 3.8) is 0 Å². The number of carbonyl (C=O) groups excluding carboxylic acids is 1. The summed E-state index contributed by atoms with van der Waals surface area (Å²) in [5, 5.41) is 0. The van der Waals surface area contributed by atoms with E-state index in [1.54, 1.807) is 0 Å². The van der Waals surface area contributed by atoms with Crippen molar-refractivity contribution in [2.24, 2.45) is 21.8 Å². The molecular weight excluding hydrogens is 498 g/mol. The van der Waals surface area contributed by atoms with Crippen molar-refractivity contribution in [2.45, 2.75) is 116 Å². The smallest absolute Gasteiger partial charge is 0.222 e. The van der Waals surface area contributed by atoms with Crippen LogP contribution in [-0.4, -0.2) is 70.7 Å². The molecule has 1 spiro atoms.